The lowest BCUT2D eigenvalue weighted by Crippen LogP contribution is -2.26. The minimum absolute atomic E-state index is 0.141. The van der Waals surface area contributed by atoms with Crippen LogP contribution in [0.15, 0.2) is 30.3 Å². The number of nitrogens with one attached hydrogen (secondary N) is 1. The SMILES string of the molecule is CCOC(=O)c1c(N)sc(C(=O)NC(C)c2ccccc2)c1C. The maximum absolute atomic E-state index is 12.5. The Morgan fingerprint density at radius 1 is 1.30 bits per heavy atom. The predicted octanol–water partition coefficient (Wildman–Crippen LogP) is 3.31. The van der Waals surface area contributed by atoms with E-state index in [2.05, 4.69) is 5.32 Å². The van der Waals surface area contributed by atoms with Crippen LogP contribution in [0.1, 0.15) is 51.0 Å². The van der Waals surface area contributed by atoms with E-state index in [9.17, 15) is 9.59 Å². The van der Waals surface area contributed by atoms with Crippen molar-refractivity contribution in [1.29, 1.82) is 0 Å². The van der Waals surface area contributed by atoms with Gasteiger partial charge >= 0.3 is 5.97 Å². The molecule has 1 amide bonds. The van der Waals surface area contributed by atoms with E-state index in [4.69, 9.17) is 10.5 Å². The molecule has 0 saturated heterocycles. The number of carbonyl (C=O) groups is 2. The molecule has 1 aromatic carbocycles. The number of hydrogen-bond donors (Lipinski definition) is 2. The summed E-state index contributed by atoms with van der Waals surface area (Å²) < 4.78 is 4.99. The Kier molecular flexibility index (Phi) is 5.39. The highest BCUT2D eigenvalue weighted by Crippen LogP contribution is 2.31. The lowest BCUT2D eigenvalue weighted by Gasteiger charge is -2.14. The van der Waals surface area contributed by atoms with Crippen LogP contribution in [0.5, 0.6) is 0 Å². The number of nitrogen functional groups attached to an aromatic ring is 1. The van der Waals surface area contributed by atoms with Gasteiger partial charge in [0.15, 0.2) is 0 Å². The third-order valence-electron chi connectivity index (χ3n) is 3.51. The van der Waals surface area contributed by atoms with Crippen LogP contribution in [0.2, 0.25) is 0 Å². The van der Waals surface area contributed by atoms with Gasteiger partial charge in [-0.05, 0) is 31.9 Å². The van der Waals surface area contributed by atoms with Crippen LogP contribution < -0.4 is 11.1 Å². The van der Waals surface area contributed by atoms with Gasteiger partial charge in [-0.15, -0.1) is 11.3 Å². The smallest absolute Gasteiger partial charge is 0.341 e. The number of amides is 1. The van der Waals surface area contributed by atoms with Gasteiger partial charge in [0.1, 0.15) is 5.00 Å². The molecule has 0 saturated carbocycles. The third kappa shape index (κ3) is 3.71. The zero-order chi connectivity index (χ0) is 17.0. The Labute approximate surface area is 139 Å². The number of rotatable bonds is 5. The quantitative estimate of drug-likeness (QED) is 0.823. The molecular weight excluding hydrogens is 312 g/mol. The van der Waals surface area contributed by atoms with E-state index in [0.29, 0.717) is 15.4 Å². The molecular formula is C17H20N2O3S. The second-order valence-electron chi connectivity index (χ2n) is 5.12. The molecule has 6 heteroatoms. The van der Waals surface area contributed by atoms with Gasteiger partial charge in [-0.25, -0.2) is 4.79 Å². The van der Waals surface area contributed by atoms with Crippen molar-refractivity contribution in [1.82, 2.24) is 5.32 Å². The van der Waals surface area contributed by atoms with E-state index < -0.39 is 5.97 Å². The summed E-state index contributed by atoms with van der Waals surface area (Å²) in [7, 11) is 0. The Balaban J connectivity index is 2.20. The van der Waals surface area contributed by atoms with Gasteiger partial charge in [0.2, 0.25) is 0 Å². The van der Waals surface area contributed by atoms with E-state index in [1.807, 2.05) is 37.3 Å². The number of esters is 1. The largest absolute Gasteiger partial charge is 0.462 e. The zero-order valence-electron chi connectivity index (χ0n) is 13.4. The molecule has 1 atom stereocenters. The number of nitrogens with two attached hydrogens (primary N) is 1. The van der Waals surface area contributed by atoms with Crippen LogP contribution in [-0.2, 0) is 4.74 Å². The molecule has 0 fully saturated rings. The molecule has 122 valence electrons. The lowest BCUT2D eigenvalue weighted by molar-refractivity contribution is 0.0527. The predicted molar refractivity (Wildman–Crippen MR) is 91.7 cm³/mol. The van der Waals surface area contributed by atoms with Crippen LogP contribution in [0.4, 0.5) is 5.00 Å². The number of hydrogen-bond acceptors (Lipinski definition) is 5. The maximum Gasteiger partial charge on any atom is 0.341 e. The van der Waals surface area contributed by atoms with Crippen LogP contribution >= 0.6 is 11.3 Å². The molecule has 2 rings (SSSR count). The number of thiophene rings is 1. The van der Waals surface area contributed by atoms with Gasteiger partial charge in [0.25, 0.3) is 5.91 Å². The molecule has 5 nitrogen and oxygen atoms in total. The molecule has 0 radical (unpaired) electrons. The van der Waals surface area contributed by atoms with Crippen molar-refractivity contribution in [2.24, 2.45) is 0 Å². The third-order valence-corrected chi connectivity index (χ3v) is 4.63. The molecule has 1 heterocycles. The van der Waals surface area contributed by atoms with E-state index >= 15 is 0 Å². The highest BCUT2D eigenvalue weighted by molar-refractivity contribution is 7.18. The Morgan fingerprint density at radius 3 is 2.57 bits per heavy atom. The molecule has 0 bridgehead atoms. The van der Waals surface area contributed by atoms with Gasteiger partial charge in [0, 0.05) is 0 Å². The van der Waals surface area contributed by atoms with Gasteiger partial charge in [-0.3, -0.25) is 4.79 Å². The zero-order valence-corrected chi connectivity index (χ0v) is 14.2. The second-order valence-corrected chi connectivity index (χ2v) is 6.17. The highest BCUT2D eigenvalue weighted by atomic mass is 32.1. The van der Waals surface area contributed by atoms with Gasteiger partial charge in [-0.1, -0.05) is 30.3 Å². The van der Waals surface area contributed by atoms with Crippen molar-refractivity contribution in [3.05, 3.63) is 51.9 Å². The van der Waals surface area contributed by atoms with E-state index in [1.54, 1.807) is 13.8 Å². The minimum atomic E-state index is -0.492. The molecule has 0 spiro atoms. The van der Waals surface area contributed by atoms with Crippen molar-refractivity contribution < 1.29 is 14.3 Å². The summed E-state index contributed by atoms with van der Waals surface area (Å²) in [6.45, 7) is 5.61. The monoisotopic (exact) mass is 332 g/mol. The van der Waals surface area contributed by atoms with E-state index in [1.165, 1.54) is 0 Å². The molecule has 0 aliphatic carbocycles. The highest BCUT2D eigenvalue weighted by Gasteiger charge is 2.24. The lowest BCUT2D eigenvalue weighted by atomic mass is 10.1. The molecule has 3 N–H and O–H groups in total. The number of carbonyl (C=O) groups excluding carboxylic acids is 2. The average molecular weight is 332 g/mol. The first-order chi connectivity index (χ1) is 11.0. The van der Waals surface area contributed by atoms with E-state index in [-0.39, 0.29) is 24.1 Å². The van der Waals surface area contributed by atoms with Crippen LogP contribution in [0.3, 0.4) is 0 Å². The van der Waals surface area contributed by atoms with E-state index in [0.717, 1.165) is 16.9 Å². The topological polar surface area (TPSA) is 81.4 Å². The average Bonchev–Trinajstić information content (AvgIpc) is 2.83. The van der Waals surface area contributed by atoms with Crippen molar-refractivity contribution in [3.8, 4) is 0 Å². The first-order valence-corrected chi connectivity index (χ1v) is 8.19. The van der Waals surface area contributed by atoms with Crippen molar-refractivity contribution in [3.63, 3.8) is 0 Å². The summed E-state index contributed by atoms with van der Waals surface area (Å²) in [5.74, 6) is -0.736. The molecule has 0 aliphatic heterocycles. The summed E-state index contributed by atoms with van der Waals surface area (Å²) in [6.07, 6.45) is 0. The molecule has 23 heavy (non-hydrogen) atoms. The minimum Gasteiger partial charge on any atom is -0.462 e. The van der Waals surface area contributed by atoms with Crippen LogP contribution in [-0.4, -0.2) is 18.5 Å². The summed E-state index contributed by atoms with van der Waals surface area (Å²) in [4.78, 5) is 24.9. The van der Waals surface area contributed by atoms with Crippen molar-refractivity contribution in [2.75, 3.05) is 12.3 Å². The van der Waals surface area contributed by atoms with Crippen LogP contribution in [0.25, 0.3) is 0 Å². The van der Waals surface area contributed by atoms with Gasteiger partial charge in [-0.2, -0.15) is 0 Å². The molecule has 2 aromatic rings. The maximum atomic E-state index is 12.5. The first kappa shape index (κ1) is 17.0. The Bertz CT molecular complexity index is 710. The first-order valence-electron chi connectivity index (χ1n) is 7.37. The van der Waals surface area contributed by atoms with Gasteiger partial charge < -0.3 is 15.8 Å². The number of benzene rings is 1. The fourth-order valence-electron chi connectivity index (χ4n) is 2.30. The number of ether oxygens (including phenoxy) is 1. The van der Waals surface area contributed by atoms with Gasteiger partial charge in [0.05, 0.1) is 23.1 Å². The summed E-state index contributed by atoms with van der Waals surface area (Å²) in [5, 5.41) is 3.23. The Hall–Kier alpha value is -2.34. The fourth-order valence-corrected chi connectivity index (χ4v) is 3.26. The standard InChI is InChI=1S/C17H20N2O3S/c1-4-22-17(21)13-10(2)14(23-15(13)18)16(20)19-11(3)12-8-6-5-7-9-12/h5-9,11H,4,18H2,1-3H3,(H,19,20). The summed E-state index contributed by atoms with van der Waals surface area (Å²) in [6, 6.07) is 9.52. The Morgan fingerprint density at radius 2 is 1.96 bits per heavy atom. The van der Waals surface area contributed by atoms with Crippen molar-refractivity contribution >= 4 is 28.2 Å². The second kappa shape index (κ2) is 7.28. The number of anilines is 1. The molecule has 1 aromatic heterocycles. The molecule has 0 aliphatic rings. The molecule has 1 unspecified atom stereocenters. The fraction of sp³-hybridized carbons (Fsp3) is 0.294. The van der Waals surface area contributed by atoms with Crippen LogP contribution in [0, 0.1) is 6.92 Å². The summed E-state index contributed by atoms with van der Waals surface area (Å²) in [5.41, 5.74) is 7.74. The van der Waals surface area contributed by atoms with Crippen molar-refractivity contribution in [2.45, 2.75) is 26.8 Å². The normalized spacial score (nSPS) is 11.8. The summed E-state index contributed by atoms with van der Waals surface area (Å²) >= 11 is 1.11.